The van der Waals surface area contributed by atoms with E-state index in [-0.39, 0.29) is 6.61 Å². The van der Waals surface area contributed by atoms with Crippen LogP contribution in [0.4, 0.5) is 5.82 Å². The van der Waals surface area contributed by atoms with E-state index in [1.807, 2.05) is 6.26 Å². The second-order valence-electron chi connectivity index (χ2n) is 3.49. The lowest BCUT2D eigenvalue weighted by Crippen LogP contribution is -2.48. The van der Waals surface area contributed by atoms with Gasteiger partial charge in [0.05, 0.1) is 0 Å². The van der Waals surface area contributed by atoms with Crippen LogP contribution in [-0.2, 0) is 0 Å². The molecule has 1 aliphatic rings. The topological polar surface area (TPSA) is 49.2 Å². The predicted molar refractivity (Wildman–Crippen MR) is 61.6 cm³/mol. The standard InChI is InChI=1S/C9H12ClN3OS/c1-15-9-11-7(10)2-8(12-9)13-3-6(4-13)5-14/h2,6,14H,3-5H2,1H3. The zero-order chi connectivity index (χ0) is 10.8. The highest BCUT2D eigenvalue weighted by Crippen LogP contribution is 2.26. The van der Waals surface area contributed by atoms with Gasteiger partial charge in [-0.3, -0.25) is 0 Å². The van der Waals surface area contributed by atoms with Crippen molar-refractivity contribution in [3.8, 4) is 0 Å². The van der Waals surface area contributed by atoms with E-state index in [1.165, 1.54) is 11.8 Å². The molecule has 0 radical (unpaired) electrons. The van der Waals surface area contributed by atoms with Gasteiger partial charge in [0.15, 0.2) is 5.16 Å². The molecule has 0 aromatic carbocycles. The molecule has 15 heavy (non-hydrogen) atoms. The van der Waals surface area contributed by atoms with Gasteiger partial charge in [-0.15, -0.1) is 0 Å². The Morgan fingerprint density at radius 1 is 1.60 bits per heavy atom. The Hall–Kier alpha value is -0.520. The number of halogens is 1. The van der Waals surface area contributed by atoms with E-state index in [0.717, 1.165) is 18.9 Å². The molecule has 1 saturated heterocycles. The SMILES string of the molecule is CSc1nc(Cl)cc(N2CC(CO)C2)n1. The maximum absolute atomic E-state index is 8.92. The van der Waals surface area contributed by atoms with Crippen molar-refractivity contribution in [1.29, 1.82) is 0 Å². The van der Waals surface area contributed by atoms with E-state index in [0.29, 0.717) is 16.2 Å². The Bertz CT molecular complexity index is 357. The second kappa shape index (κ2) is 4.55. The molecule has 1 fully saturated rings. The van der Waals surface area contributed by atoms with E-state index < -0.39 is 0 Å². The number of aromatic nitrogens is 2. The van der Waals surface area contributed by atoms with Gasteiger partial charge in [0.2, 0.25) is 0 Å². The normalized spacial score (nSPS) is 16.6. The Morgan fingerprint density at radius 2 is 2.33 bits per heavy atom. The van der Waals surface area contributed by atoms with Crippen LogP contribution >= 0.6 is 23.4 Å². The van der Waals surface area contributed by atoms with Crippen LogP contribution in [0.5, 0.6) is 0 Å². The van der Waals surface area contributed by atoms with Crippen molar-refractivity contribution < 1.29 is 5.11 Å². The first-order chi connectivity index (χ1) is 7.22. The highest BCUT2D eigenvalue weighted by molar-refractivity contribution is 7.98. The largest absolute Gasteiger partial charge is 0.396 e. The molecule has 2 rings (SSSR count). The summed E-state index contributed by atoms with van der Waals surface area (Å²) in [5.74, 6) is 1.22. The van der Waals surface area contributed by atoms with Gasteiger partial charge < -0.3 is 10.0 Å². The molecule has 0 bridgehead atoms. The predicted octanol–water partition coefficient (Wildman–Crippen LogP) is 1.28. The van der Waals surface area contributed by atoms with Crippen LogP contribution in [0.2, 0.25) is 5.15 Å². The number of aliphatic hydroxyl groups is 1. The molecule has 6 heteroatoms. The Kier molecular flexibility index (Phi) is 3.33. The number of hydrogen-bond donors (Lipinski definition) is 1. The molecule has 1 aromatic rings. The van der Waals surface area contributed by atoms with Crippen LogP contribution in [-0.4, -0.2) is 41.0 Å². The summed E-state index contributed by atoms with van der Waals surface area (Å²) < 4.78 is 0. The molecule has 82 valence electrons. The van der Waals surface area contributed by atoms with Crippen molar-refractivity contribution >= 4 is 29.2 Å². The Balaban J connectivity index is 2.12. The molecule has 1 aromatic heterocycles. The maximum atomic E-state index is 8.92. The summed E-state index contributed by atoms with van der Waals surface area (Å²) >= 11 is 7.36. The van der Waals surface area contributed by atoms with Crippen LogP contribution in [0.25, 0.3) is 0 Å². The maximum Gasteiger partial charge on any atom is 0.190 e. The van der Waals surface area contributed by atoms with Crippen LogP contribution in [0.15, 0.2) is 11.2 Å². The van der Waals surface area contributed by atoms with Gasteiger partial charge >= 0.3 is 0 Å². The first-order valence-electron chi connectivity index (χ1n) is 4.67. The van der Waals surface area contributed by atoms with Gasteiger partial charge in [-0.2, -0.15) is 0 Å². The summed E-state index contributed by atoms with van der Waals surface area (Å²) in [5, 5.41) is 10.1. The number of hydrogen-bond acceptors (Lipinski definition) is 5. The van der Waals surface area contributed by atoms with E-state index in [1.54, 1.807) is 6.07 Å². The molecule has 0 unspecified atom stereocenters. The van der Waals surface area contributed by atoms with Crippen LogP contribution < -0.4 is 4.90 Å². The summed E-state index contributed by atoms with van der Waals surface area (Å²) in [6.07, 6.45) is 1.92. The number of anilines is 1. The fourth-order valence-corrected chi connectivity index (χ4v) is 2.11. The lowest BCUT2D eigenvalue weighted by Gasteiger charge is -2.39. The Labute approximate surface area is 97.7 Å². The third kappa shape index (κ3) is 2.35. The van der Waals surface area contributed by atoms with Crippen molar-refractivity contribution in [3.05, 3.63) is 11.2 Å². The lowest BCUT2D eigenvalue weighted by atomic mass is 10.0. The number of aliphatic hydroxyl groups excluding tert-OH is 1. The number of nitrogens with zero attached hydrogens (tertiary/aromatic N) is 3. The van der Waals surface area contributed by atoms with Gasteiger partial charge in [0.25, 0.3) is 0 Å². The molecule has 4 nitrogen and oxygen atoms in total. The Morgan fingerprint density at radius 3 is 2.93 bits per heavy atom. The molecule has 1 N–H and O–H groups in total. The zero-order valence-corrected chi connectivity index (χ0v) is 9.92. The molecule has 0 amide bonds. The zero-order valence-electron chi connectivity index (χ0n) is 8.35. The third-order valence-electron chi connectivity index (χ3n) is 2.38. The first kappa shape index (κ1) is 11.0. The third-order valence-corrected chi connectivity index (χ3v) is 3.12. The highest BCUT2D eigenvalue weighted by Gasteiger charge is 2.27. The van der Waals surface area contributed by atoms with Crippen molar-refractivity contribution in [3.63, 3.8) is 0 Å². The second-order valence-corrected chi connectivity index (χ2v) is 4.65. The molecule has 1 aliphatic heterocycles. The van der Waals surface area contributed by atoms with Crippen molar-refractivity contribution in [2.24, 2.45) is 5.92 Å². The molecule has 2 heterocycles. The van der Waals surface area contributed by atoms with Crippen LogP contribution in [0, 0.1) is 5.92 Å². The monoisotopic (exact) mass is 245 g/mol. The summed E-state index contributed by atoms with van der Waals surface area (Å²) in [7, 11) is 0. The van der Waals surface area contributed by atoms with E-state index in [4.69, 9.17) is 16.7 Å². The van der Waals surface area contributed by atoms with Crippen molar-refractivity contribution in [2.75, 3.05) is 30.9 Å². The number of thioether (sulfide) groups is 1. The highest BCUT2D eigenvalue weighted by atomic mass is 35.5. The fraction of sp³-hybridized carbons (Fsp3) is 0.556. The summed E-state index contributed by atoms with van der Waals surface area (Å²) in [5.41, 5.74) is 0. The average Bonchev–Trinajstić information content (AvgIpc) is 2.15. The van der Waals surface area contributed by atoms with E-state index >= 15 is 0 Å². The lowest BCUT2D eigenvalue weighted by molar-refractivity contribution is 0.200. The van der Waals surface area contributed by atoms with Crippen molar-refractivity contribution in [2.45, 2.75) is 5.16 Å². The van der Waals surface area contributed by atoms with Gasteiger partial charge in [0, 0.05) is 31.7 Å². The fourth-order valence-electron chi connectivity index (χ4n) is 1.51. The van der Waals surface area contributed by atoms with E-state index in [2.05, 4.69) is 14.9 Å². The minimum atomic E-state index is 0.241. The minimum absolute atomic E-state index is 0.241. The van der Waals surface area contributed by atoms with Crippen LogP contribution in [0.1, 0.15) is 0 Å². The minimum Gasteiger partial charge on any atom is -0.396 e. The molecular formula is C9H12ClN3OS. The summed E-state index contributed by atoms with van der Waals surface area (Å²) in [6, 6.07) is 1.76. The van der Waals surface area contributed by atoms with E-state index in [9.17, 15) is 0 Å². The number of rotatable bonds is 3. The summed E-state index contributed by atoms with van der Waals surface area (Å²) in [6.45, 7) is 1.93. The molecular weight excluding hydrogens is 234 g/mol. The first-order valence-corrected chi connectivity index (χ1v) is 6.27. The molecule has 0 saturated carbocycles. The summed E-state index contributed by atoms with van der Waals surface area (Å²) in [4.78, 5) is 10.5. The molecule has 0 spiro atoms. The molecule has 0 aliphatic carbocycles. The van der Waals surface area contributed by atoms with Gasteiger partial charge in [-0.1, -0.05) is 23.4 Å². The smallest absolute Gasteiger partial charge is 0.190 e. The van der Waals surface area contributed by atoms with Crippen molar-refractivity contribution in [1.82, 2.24) is 9.97 Å². The van der Waals surface area contributed by atoms with Gasteiger partial charge in [-0.25, -0.2) is 9.97 Å². The average molecular weight is 246 g/mol. The van der Waals surface area contributed by atoms with Crippen LogP contribution in [0.3, 0.4) is 0 Å². The van der Waals surface area contributed by atoms with Gasteiger partial charge in [-0.05, 0) is 6.26 Å². The molecule has 0 atom stereocenters. The quantitative estimate of drug-likeness (QED) is 0.494. The van der Waals surface area contributed by atoms with Gasteiger partial charge in [0.1, 0.15) is 11.0 Å².